The fourth-order valence-electron chi connectivity index (χ4n) is 4.97. The number of aromatic nitrogens is 2. The van der Waals surface area contributed by atoms with Crippen molar-refractivity contribution in [2.75, 3.05) is 31.5 Å². The normalized spacial score (nSPS) is 14.3. The molecule has 0 bridgehead atoms. The molecule has 0 aliphatic carbocycles. The molecule has 3 heterocycles. The van der Waals surface area contributed by atoms with Crippen LogP contribution in [0.25, 0.3) is 23.1 Å². The van der Waals surface area contributed by atoms with Gasteiger partial charge in [-0.05, 0) is 67.7 Å². The molecule has 1 aliphatic heterocycles. The maximum absolute atomic E-state index is 9.74. The first kappa shape index (κ1) is 24.8. The molecule has 1 aliphatic rings. The Bertz CT molecular complexity index is 1400. The number of H-pyrrole nitrogens is 1. The predicted octanol–water partition coefficient (Wildman–Crippen LogP) is 6.23. The summed E-state index contributed by atoms with van der Waals surface area (Å²) < 4.78 is 0. The van der Waals surface area contributed by atoms with Gasteiger partial charge < -0.3 is 20.5 Å². The smallest absolute Gasteiger partial charge is 0.103 e. The summed E-state index contributed by atoms with van der Waals surface area (Å²) in [6.07, 6.45) is 13.5. The zero-order valence-electron chi connectivity index (χ0n) is 21.4. The Kier molecular flexibility index (Phi) is 7.95. The molecule has 37 heavy (non-hydrogen) atoms. The number of benzene rings is 2. The molecular formula is C31H34N6. The summed E-state index contributed by atoms with van der Waals surface area (Å²) in [7, 11) is 0. The second kappa shape index (κ2) is 11.9. The molecule has 0 saturated carbocycles. The van der Waals surface area contributed by atoms with Gasteiger partial charge in [-0.25, -0.2) is 0 Å². The van der Waals surface area contributed by atoms with Crippen molar-refractivity contribution < 1.29 is 0 Å². The van der Waals surface area contributed by atoms with Gasteiger partial charge in [-0.1, -0.05) is 42.8 Å². The van der Waals surface area contributed by atoms with E-state index in [1.165, 1.54) is 37.9 Å². The van der Waals surface area contributed by atoms with Gasteiger partial charge in [0.05, 0.1) is 11.3 Å². The second-order valence-corrected chi connectivity index (χ2v) is 9.72. The monoisotopic (exact) mass is 490 g/mol. The molecule has 3 N–H and O–H groups in total. The molecule has 6 heteroatoms. The van der Waals surface area contributed by atoms with Crippen molar-refractivity contribution >= 4 is 34.4 Å². The number of nitrogens with zero attached hydrogens (tertiary/aromatic N) is 3. The van der Waals surface area contributed by atoms with Crippen LogP contribution in [-0.2, 0) is 6.54 Å². The molecule has 0 spiro atoms. The van der Waals surface area contributed by atoms with E-state index in [4.69, 9.17) is 0 Å². The van der Waals surface area contributed by atoms with Crippen molar-refractivity contribution in [3.8, 4) is 6.07 Å². The number of hydrogen-bond acceptors (Lipinski definition) is 5. The number of fused-ring (bicyclic) bond motifs is 1. The van der Waals surface area contributed by atoms with Gasteiger partial charge in [0.1, 0.15) is 6.07 Å². The van der Waals surface area contributed by atoms with E-state index in [2.05, 4.69) is 81.0 Å². The first-order valence-electron chi connectivity index (χ1n) is 13.1. The molecule has 2 aromatic heterocycles. The standard InChI is InChI=1S/C31H34N6/c1-23-28-13-14-35-30(28)12-11-29(23)36-31-26(21-34-22-27(31)19-32)10-9-24-5-7-25(8-6-24)20-33-15-18-37-16-3-2-4-17-37/h5-14,21-22,33,35H,2-4,15-18,20H2,1H3,(H,34,36). The van der Waals surface area contributed by atoms with Crippen LogP contribution in [0.4, 0.5) is 11.4 Å². The maximum atomic E-state index is 9.74. The molecule has 188 valence electrons. The third-order valence-electron chi connectivity index (χ3n) is 7.18. The van der Waals surface area contributed by atoms with Crippen LogP contribution in [0, 0.1) is 18.3 Å². The Labute approximate surface area is 219 Å². The van der Waals surface area contributed by atoms with Crippen LogP contribution in [0.15, 0.2) is 61.1 Å². The number of likely N-dealkylation sites (tertiary alicyclic amines) is 1. The summed E-state index contributed by atoms with van der Waals surface area (Å²) in [6.45, 7) is 7.61. The first-order valence-corrected chi connectivity index (χ1v) is 13.1. The minimum atomic E-state index is 0.515. The van der Waals surface area contributed by atoms with Crippen LogP contribution in [0.3, 0.4) is 0 Å². The lowest BCUT2D eigenvalue weighted by Crippen LogP contribution is -2.35. The number of aromatic amines is 1. The van der Waals surface area contributed by atoms with E-state index < -0.39 is 0 Å². The number of pyridine rings is 1. The van der Waals surface area contributed by atoms with Gasteiger partial charge in [0.15, 0.2) is 0 Å². The van der Waals surface area contributed by atoms with Crippen LogP contribution in [-0.4, -0.2) is 41.0 Å². The summed E-state index contributed by atoms with van der Waals surface area (Å²) in [4.78, 5) is 10.1. The van der Waals surface area contributed by atoms with Gasteiger partial charge in [0, 0.05) is 60.4 Å². The van der Waals surface area contributed by atoms with Gasteiger partial charge >= 0.3 is 0 Å². The van der Waals surface area contributed by atoms with E-state index in [1.54, 1.807) is 12.4 Å². The van der Waals surface area contributed by atoms with Crippen LogP contribution in [0.5, 0.6) is 0 Å². The van der Waals surface area contributed by atoms with E-state index >= 15 is 0 Å². The zero-order chi connectivity index (χ0) is 25.5. The number of nitriles is 1. The summed E-state index contributed by atoms with van der Waals surface area (Å²) in [5.74, 6) is 0. The topological polar surface area (TPSA) is 79.8 Å². The van der Waals surface area contributed by atoms with Crippen molar-refractivity contribution in [2.45, 2.75) is 32.7 Å². The lowest BCUT2D eigenvalue weighted by Gasteiger charge is -2.26. The average Bonchev–Trinajstić information content (AvgIpc) is 3.43. The van der Waals surface area contributed by atoms with Crippen molar-refractivity contribution in [3.05, 3.63) is 88.9 Å². The third kappa shape index (κ3) is 6.08. The predicted molar refractivity (Wildman–Crippen MR) is 153 cm³/mol. The number of rotatable bonds is 9. The second-order valence-electron chi connectivity index (χ2n) is 9.72. The molecule has 2 aromatic carbocycles. The highest BCUT2D eigenvalue weighted by atomic mass is 15.1. The van der Waals surface area contributed by atoms with Crippen LogP contribution < -0.4 is 10.6 Å². The van der Waals surface area contributed by atoms with E-state index in [0.29, 0.717) is 5.56 Å². The number of nitrogens with one attached hydrogen (secondary N) is 3. The molecule has 1 fully saturated rings. The van der Waals surface area contributed by atoms with Crippen molar-refractivity contribution in [3.63, 3.8) is 0 Å². The highest BCUT2D eigenvalue weighted by Crippen LogP contribution is 2.31. The molecule has 0 amide bonds. The molecule has 0 atom stereocenters. The lowest BCUT2D eigenvalue weighted by atomic mass is 10.1. The Morgan fingerprint density at radius 2 is 1.86 bits per heavy atom. The fraction of sp³-hybridized carbons (Fsp3) is 0.290. The molecular weight excluding hydrogens is 456 g/mol. The van der Waals surface area contributed by atoms with Gasteiger partial charge in [-0.3, -0.25) is 4.98 Å². The summed E-state index contributed by atoms with van der Waals surface area (Å²) in [6, 6.07) is 17.1. The maximum Gasteiger partial charge on any atom is 0.103 e. The number of anilines is 2. The molecule has 4 aromatic rings. The zero-order valence-corrected chi connectivity index (χ0v) is 21.4. The lowest BCUT2D eigenvalue weighted by molar-refractivity contribution is 0.229. The van der Waals surface area contributed by atoms with Crippen molar-refractivity contribution in [1.29, 1.82) is 5.26 Å². The Hall–Kier alpha value is -3.92. The third-order valence-corrected chi connectivity index (χ3v) is 7.18. The molecule has 5 rings (SSSR count). The van der Waals surface area contributed by atoms with E-state index in [9.17, 15) is 5.26 Å². The number of aryl methyl sites for hydroxylation is 1. The van der Waals surface area contributed by atoms with Crippen LogP contribution in [0.1, 0.15) is 47.1 Å². The highest BCUT2D eigenvalue weighted by molar-refractivity contribution is 5.90. The molecule has 0 radical (unpaired) electrons. The quantitative estimate of drug-likeness (QED) is 0.242. The van der Waals surface area contributed by atoms with Gasteiger partial charge in [-0.15, -0.1) is 0 Å². The van der Waals surface area contributed by atoms with Crippen molar-refractivity contribution in [2.24, 2.45) is 0 Å². The highest BCUT2D eigenvalue weighted by Gasteiger charge is 2.11. The van der Waals surface area contributed by atoms with Gasteiger partial charge in [-0.2, -0.15) is 5.26 Å². The summed E-state index contributed by atoms with van der Waals surface area (Å²) in [5.41, 5.74) is 7.74. The minimum absolute atomic E-state index is 0.515. The fourth-order valence-corrected chi connectivity index (χ4v) is 4.97. The molecule has 0 unspecified atom stereocenters. The van der Waals surface area contributed by atoms with Crippen molar-refractivity contribution in [1.82, 2.24) is 20.2 Å². The van der Waals surface area contributed by atoms with Crippen LogP contribution >= 0.6 is 0 Å². The van der Waals surface area contributed by atoms with E-state index in [0.717, 1.165) is 58.6 Å². The summed E-state index contributed by atoms with van der Waals surface area (Å²) in [5, 5.41) is 18.0. The largest absolute Gasteiger partial charge is 0.361 e. The Morgan fingerprint density at radius 3 is 2.68 bits per heavy atom. The average molecular weight is 491 g/mol. The number of hydrogen-bond donors (Lipinski definition) is 3. The van der Waals surface area contributed by atoms with E-state index in [1.807, 2.05) is 18.3 Å². The minimum Gasteiger partial charge on any atom is -0.361 e. The molecule has 6 nitrogen and oxygen atoms in total. The Morgan fingerprint density at radius 1 is 1.03 bits per heavy atom. The van der Waals surface area contributed by atoms with Crippen LogP contribution in [0.2, 0.25) is 0 Å². The molecule has 1 saturated heterocycles. The Balaban J connectivity index is 1.25. The SMILES string of the molecule is Cc1c(Nc2c(C#N)cncc2C=Cc2ccc(CNCCN3CCCCC3)cc2)ccc2[nH]ccc12. The summed E-state index contributed by atoms with van der Waals surface area (Å²) >= 11 is 0. The van der Waals surface area contributed by atoms with E-state index in [-0.39, 0.29) is 0 Å². The number of piperidine rings is 1. The van der Waals surface area contributed by atoms with Gasteiger partial charge in [0.2, 0.25) is 0 Å². The van der Waals surface area contributed by atoms with Gasteiger partial charge in [0.25, 0.3) is 0 Å². The first-order chi connectivity index (χ1) is 18.2.